The summed E-state index contributed by atoms with van der Waals surface area (Å²) in [5.74, 6) is -0.139. The Balaban J connectivity index is 2.73. The number of rotatable bonds is 4. The maximum absolute atomic E-state index is 11.8. The molecule has 0 aliphatic heterocycles. The van der Waals surface area contributed by atoms with E-state index in [1.807, 2.05) is 19.1 Å². The Morgan fingerprint density at radius 1 is 1.50 bits per heavy atom. The van der Waals surface area contributed by atoms with Crippen LogP contribution in [-0.4, -0.2) is 23.7 Å². The largest absolute Gasteiger partial charge is 0.396 e. The molecule has 1 atom stereocenters. The van der Waals surface area contributed by atoms with Crippen molar-refractivity contribution in [2.75, 3.05) is 6.61 Å². The molecule has 3 nitrogen and oxygen atoms in total. The molecule has 0 spiro atoms. The number of amides is 1. The van der Waals surface area contributed by atoms with Crippen LogP contribution in [0.4, 0.5) is 0 Å². The van der Waals surface area contributed by atoms with E-state index < -0.39 is 0 Å². The van der Waals surface area contributed by atoms with Crippen molar-refractivity contribution in [3.8, 4) is 0 Å². The van der Waals surface area contributed by atoms with Crippen molar-refractivity contribution in [1.82, 2.24) is 5.32 Å². The number of hydrogen-bond donors (Lipinski definition) is 2. The second-order valence-electron chi connectivity index (χ2n) is 3.51. The molecule has 0 saturated carbocycles. The Hall–Kier alpha value is -0.390. The second-order valence-corrected chi connectivity index (χ2v) is 5.28. The Bertz CT molecular complexity index is 382. The highest BCUT2D eigenvalue weighted by Gasteiger charge is 2.12. The minimum atomic E-state index is -0.139. The fourth-order valence-electron chi connectivity index (χ4n) is 1.24. The lowest BCUT2D eigenvalue weighted by Gasteiger charge is -2.13. The molecule has 0 aromatic heterocycles. The number of carbonyl (C=O) groups is 1. The minimum Gasteiger partial charge on any atom is -0.396 e. The third kappa shape index (κ3) is 3.88. The van der Waals surface area contributed by atoms with E-state index in [1.165, 1.54) is 0 Å². The highest BCUT2D eigenvalue weighted by atomic mass is 79.9. The summed E-state index contributed by atoms with van der Waals surface area (Å²) in [4.78, 5) is 11.8. The molecule has 16 heavy (non-hydrogen) atoms. The van der Waals surface area contributed by atoms with Crippen LogP contribution in [0.25, 0.3) is 0 Å². The monoisotopic (exact) mass is 349 g/mol. The summed E-state index contributed by atoms with van der Waals surface area (Å²) < 4.78 is 1.66. The van der Waals surface area contributed by atoms with Crippen LogP contribution < -0.4 is 5.32 Å². The molecule has 1 aromatic carbocycles. The number of hydrogen-bond acceptors (Lipinski definition) is 2. The van der Waals surface area contributed by atoms with E-state index in [0.29, 0.717) is 12.0 Å². The number of benzene rings is 1. The van der Waals surface area contributed by atoms with Crippen molar-refractivity contribution in [3.05, 3.63) is 32.7 Å². The predicted molar refractivity (Wildman–Crippen MR) is 70.5 cm³/mol. The van der Waals surface area contributed by atoms with E-state index in [9.17, 15) is 4.79 Å². The lowest BCUT2D eigenvalue weighted by molar-refractivity contribution is 0.0933. The molecule has 0 aliphatic rings. The van der Waals surface area contributed by atoms with Gasteiger partial charge < -0.3 is 10.4 Å². The first-order valence-electron chi connectivity index (χ1n) is 4.91. The summed E-state index contributed by atoms with van der Waals surface area (Å²) in [6.07, 6.45) is 0.555. The standard InChI is InChI=1S/C11H13Br2NO2/c1-7(4-5-15)14-11(16)9-3-2-8(12)6-10(9)13/h2-3,6-7,15H,4-5H2,1H3,(H,14,16). The van der Waals surface area contributed by atoms with Crippen LogP contribution in [0.15, 0.2) is 27.1 Å². The van der Waals surface area contributed by atoms with Gasteiger partial charge in [0.05, 0.1) is 5.56 Å². The summed E-state index contributed by atoms with van der Waals surface area (Å²) >= 11 is 6.66. The number of carbonyl (C=O) groups excluding carboxylic acids is 1. The summed E-state index contributed by atoms with van der Waals surface area (Å²) in [7, 11) is 0. The van der Waals surface area contributed by atoms with Gasteiger partial charge in [0, 0.05) is 21.6 Å². The number of aliphatic hydroxyl groups is 1. The molecule has 1 unspecified atom stereocenters. The number of aliphatic hydroxyl groups excluding tert-OH is 1. The summed E-state index contributed by atoms with van der Waals surface area (Å²) in [6.45, 7) is 1.93. The van der Waals surface area contributed by atoms with Gasteiger partial charge in [-0.05, 0) is 47.5 Å². The minimum absolute atomic E-state index is 0.0342. The highest BCUT2D eigenvalue weighted by molar-refractivity contribution is 9.11. The van der Waals surface area contributed by atoms with Gasteiger partial charge in [-0.2, -0.15) is 0 Å². The molecule has 0 radical (unpaired) electrons. The third-order valence-electron chi connectivity index (χ3n) is 2.12. The van der Waals surface area contributed by atoms with E-state index in [2.05, 4.69) is 37.2 Å². The number of nitrogens with one attached hydrogen (secondary N) is 1. The first-order valence-corrected chi connectivity index (χ1v) is 6.50. The van der Waals surface area contributed by atoms with Gasteiger partial charge in [-0.25, -0.2) is 0 Å². The van der Waals surface area contributed by atoms with Gasteiger partial charge >= 0.3 is 0 Å². The van der Waals surface area contributed by atoms with Crippen molar-refractivity contribution in [1.29, 1.82) is 0 Å². The Morgan fingerprint density at radius 2 is 2.19 bits per heavy atom. The van der Waals surface area contributed by atoms with E-state index in [1.54, 1.807) is 6.07 Å². The van der Waals surface area contributed by atoms with Crippen molar-refractivity contribution in [2.24, 2.45) is 0 Å². The first kappa shape index (κ1) is 13.7. The van der Waals surface area contributed by atoms with Crippen molar-refractivity contribution in [2.45, 2.75) is 19.4 Å². The predicted octanol–water partition coefficient (Wildman–Crippen LogP) is 2.71. The van der Waals surface area contributed by atoms with E-state index >= 15 is 0 Å². The molecule has 1 rings (SSSR count). The van der Waals surface area contributed by atoms with E-state index in [0.717, 1.165) is 8.95 Å². The van der Waals surface area contributed by atoms with Crippen LogP contribution in [0.3, 0.4) is 0 Å². The zero-order valence-corrected chi connectivity index (χ0v) is 12.0. The van der Waals surface area contributed by atoms with Crippen molar-refractivity contribution < 1.29 is 9.90 Å². The Kier molecular flexibility index (Phi) is 5.44. The lowest BCUT2D eigenvalue weighted by atomic mass is 10.2. The lowest BCUT2D eigenvalue weighted by Crippen LogP contribution is -2.33. The van der Waals surface area contributed by atoms with Gasteiger partial charge in [-0.3, -0.25) is 4.79 Å². The normalized spacial score (nSPS) is 12.2. The molecule has 88 valence electrons. The fourth-order valence-corrected chi connectivity index (χ4v) is 2.47. The van der Waals surface area contributed by atoms with Crippen molar-refractivity contribution >= 4 is 37.8 Å². The molecule has 2 N–H and O–H groups in total. The van der Waals surface area contributed by atoms with Gasteiger partial charge in [0.25, 0.3) is 5.91 Å². The zero-order valence-electron chi connectivity index (χ0n) is 8.84. The summed E-state index contributed by atoms with van der Waals surface area (Å²) in [6, 6.07) is 5.35. The first-order chi connectivity index (χ1) is 7.54. The topological polar surface area (TPSA) is 49.3 Å². The van der Waals surface area contributed by atoms with E-state index in [-0.39, 0.29) is 18.6 Å². The van der Waals surface area contributed by atoms with Gasteiger partial charge in [0.1, 0.15) is 0 Å². The van der Waals surface area contributed by atoms with Gasteiger partial charge in [-0.15, -0.1) is 0 Å². The second kappa shape index (κ2) is 6.37. The molecular weight excluding hydrogens is 338 g/mol. The van der Waals surface area contributed by atoms with E-state index in [4.69, 9.17) is 5.11 Å². The van der Waals surface area contributed by atoms with Crippen LogP contribution in [0.2, 0.25) is 0 Å². The molecule has 0 heterocycles. The van der Waals surface area contributed by atoms with Crippen LogP contribution in [0.5, 0.6) is 0 Å². The van der Waals surface area contributed by atoms with Crippen LogP contribution in [0, 0.1) is 0 Å². The smallest absolute Gasteiger partial charge is 0.252 e. The third-order valence-corrected chi connectivity index (χ3v) is 3.26. The van der Waals surface area contributed by atoms with Crippen LogP contribution in [-0.2, 0) is 0 Å². The molecule has 0 saturated heterocycles. The van der Waals surface area contributed by atoms with Crippen LogP contribution in [0.1, 0.15) is 23.7 Å². The van der Waals surface area contributed by atoms with Crippen molar-refractivity contribution in [3.63, 3.8) is 0 Å². The summed E-state index contributed by atoms with van der Waals surface area (Å²) in [5, 5.41) is 11.6. The van der Waals surface area contributed by atoms with Gasteiger partial charge in [0.2, 0.25) is 0 Å². The molecule has 1 aromatic rings. The molecule has 0 bridgehead atoms. The maximum Gasteiger partial charge on any atom is 0.252 e. The van der Waals surface area contributed by atoms with Crippen LogP contribution >= 0.6 is 31.9 Å². The quantitative estimate of drug-likeness (QED) is 0.877. The maximum atomic E-state index is 11.8. The highest BCUT2D eigenvalue weighted by Crippen LogP contribution is 2.21. The fraction of sp³-hybridized carbons (Fsp3) is 0.364. The SMILES string of the molecule is CC(CCO)NC(=O)c1ccc(Br)cc1Br. The average molecular weight is 351 g/mol. The molecule has 0 fully saturated rings. The molecule has 0 aliphatic carbocycles. The summed E-state index contributed by atoms with van der Waals surface area (Å²) in [5.41, 5.74) is 0.591. The molecule has 1 amide bonds. The molecular formula is C11H13Br2NO2. The zero-order chi connectivity index (χ0) is 12.1. The molecule has 5 heteroatoms. The Morgan fingerprint density at radius 3 is 2.75 bits per heavy atom. The van der Waals surface area contributed by atoms with Gasteiger partial charge in [0.15, 0.2) is 0 Å². The average Bonchev–Trinajstić information content (AvgIpc) is 2.17. The number of halogens is 2. The Labute approximate surface area is 111 Å². The van der Waals surface area contributed by atoms with Gasteiger partial charge in [-0.1, -0.05) is 15.9 Å².